The van der Waals surface area contributed by atoms with Crippen LogP contribution in [0.3, 0.4) is 0 Å². The maximum Gasteiger partial charge on any atom is 0.338 e. The molecule has 1 heterocycles. The van der Waals surface area contributed by atoms with Gasteiger partial charge in [-0.1, -0.05) is 35.9 Å². The number of ether oxygens (including phenoxy) is 3. The molecule has 0 bridgehead atoms. The highest BCUT2D eigenvalue weighted by Crippen LogP contribution is 2.38. The van der Waals surface area contributed by atoms with E-state index in [4.69, 9.17) is 25.8 Å². The van der Waals surface area contributed by atoms with Gasteiger partial charge in [-0.05, 0) is 36.6 Å². The highest BCUT2D eigenvalue weighted by Gasteiger charge is 2.20. The zero-order valence-electron chi connectivity index (χ0n) is 14.9. The molecule has 2 aromatic carbocycles. The molecule has 0 atom stereocenters. The van der Waals surface area contributed by atoms with E-state index >= 15 is 0 Å². The minimum absolute atomic E-state index is 0.206. The van der Waals surface area contributed by atoms with Crippen LogP contribution in [0.25, 0.3) is 0 Å². The molecule has 0 saturated heterocycles. The topological polar surface area (TPSA) is 73.9 Å². The Balaban J connectivity index is 1.48. The van der Waals surface area contributed by atoms with Gasteiger partial charge in [0.05, 0.1) is 10.6 Å². The van der Waals surface area contributed by atoms with Crippen LogP contribution in [0.2, 0.25) is 5.02 Å². The summed E-state index contributed by atoms with van der Waals surface area (Å²) in [6, 6.07) is 10.9. The Bertz CT molecular complexity index is 852. The number of benzene rings is 2. The number of halogens is 1. The molecule has 0 aliphatic carbocycles. The molecule has 1 N–H and O–H groups in total. The molecule has 0 fully saturated rings. The van der Waals surface area contributed by atoms with Crippen molar-refractivity contribution in [1.29, 1.82) is 0 Å². The largest absolute Gasteiger partial charge is 0.486 e. The Labute approximate surface area is 162 Å². The summed E-state index contributed by atoms with van der Waals surface area (Å²) in [4.78, 5) is 24.1. The summed E-state index contributed by atoms with van der Waals surface area (Å²) in [6.07, 6.45) is 0.712. The number of aryl methyl sites for hydroxylation is 1. The SMILES string of the molecule is Cc1ccccc1CCNC(=O)COC(=O)c1cc(Cl)c2c(c1)OCCO2. The van der Waals surface area contributed by atoms with Crippen molar-refractivity contribution < 1.29 is 23.8 Å². The third-order valence-electron chi connectivity index (χ3n) is 4.14. The van der Waals surface area contributed by atoms with E-state index in [1.165, 1.54) is 23.3 Å². The Kier molecular flexibility index (Phi) is 6.19. The summed E-state index contributed by atoms with van der Waals surface area (Å²) in [7, 11) is 0. The Hall–Kier alpha value is -2.73. The van der Waals surface area contributed by atoms with Crippen LogP contribution in [-0.2, 0) is 16.0 Å². The number of carbonyl (C=O) groups excluding carboxylic acids is 2. The van der Waals surface area contributed by atoms with Gasteiger partial charge < -0.3 is 19.5 Å². The second-order valence-corrected chi connectivity index (χ2v) is 6.49. The van der Waals surface area contributed by atoms with Gasteiger partial charge in [0.25, 0.3) is 5.91 Å². The van der Waals surface area contributed by atoms with Gasteiger partial charge in [-0.3, -0.25) is 4.79 Å². The van der Waals surface area contributed by atoms with E-state index in [9.17, 15) is 9.59 Å². The van der Waals surface area contributed by atoms with E-state index in [1.54, 1.807) is 0 Å². The van der Waals surface area contributed by atoms with Gasteiger partial charge >= 0.3 is 5.97 Å². The van der Waals surface area contributed by atoms with Gasteiger partial charge in [-0.2, -0.15) is 0 Å². The minimum atomic E-state index is -0.650. The fourth-order valence-electron chi connectivity index (χ4n) is 2.72. The first-order valence-corrected chi connectivity index (χ1v) is 9.00. The van der Waals surface area contributed by atoms with E-state index in [1.807, 2.05) is 31.2 Å². The van der Waals surface area contributed by atoms with Gasteiger partial charge in [-0.15, -0.1) is 0 Å². The molecule has 3 rings (SSSR count). The summed E-state index contributed by atoms with van der Waals surface area (Å²) in [6.45, 7) is 2.91. The maximum atomic E-state index is 12.2. The van der Waals surface area contributed by atoms with Crippen LogP contribution in [-0.4, -0.2) is 38.2 Å². The molecule has 1 aliphatic rings. The molecule has 7 heteroatoms. The van der Waals surface area contributed by atoms with E-state index in [0.717, 1.165) is 0 Å². The van der Waals surface area contributed by atoms with Crippen molar-refractivity contribution in [3.05, 3.63) is 58.1 Å². The number of hydrogen-bond donors (Lipinski definition) is 1. The number of esters is 1. The molecule has 1 amide bonds. The number of carbonyl (C=O) groups is 2. The highest BCUT2D eigenvalue weighted by atomic mass is 35.5. The predicted molar refractivity (Wildman–Crippen MR) is 101 cm³/mol. The Morgan fingerprint density at radius 1 is 1.19 bits per heavy atom. The van der Waals surface area contributed by atoms with Gasteiger partial charge in [-0.25, -0.2) is 4.79 Å². The second-order valence-electron chi connectivity index (χ2n) is 6.08. The second kappa shape index (κ2) is 8.77. The molecule has 27 heavy (non-hydrogen) atoms. The van der Waals surface area contributed by atoms with Crippen LogP contribution in [0.1, 0.15) is 21.5 Å². The van der Waals surface area contributed by atoms with Gasteiger partial charge in [0.1, 0.15) is 13.2 Å². The first-order chi connectivity index (χ1) is 13.0. The van der Waals surface area contributed by atoms with Gasteiger partial charge in [0, 0.05) is 6.54 Å². The molecule has 0 unspecified atom stereocenters. The first kappa shape index (κ1) is 19.0. The number of fused-ring (bicyclic) bond motifs is 1. The van der Waals surface area contributed by atoms with Crippen molar-refractivity contribution in [3.63, 3.8) is 0 Å². The summed E-state index contributed by atoms with van der Waals surface area (Å²) >= 11 is 6.10. The first-order valence-electron chi connectivity index (χ1n) is 8.62. The van der Waals surface area contributed by atoms with Crippen LogP contribution < -0.4 is 14.8 Å². The molecule has 6 nitrogen and oxygen atoms in total. The summed E-state index contributed by atoms with van der Waals surface area (Å²) in [5, 5.41) is 3.01. The number of hydrogen-bond acceptors (Lipinski definition) is 5. The molecule has 142 valence electrons. The van der Waals surface area contributed by atoms with E-state index in [-0.39, 0.29) is 23.1 Å². The maximum absolute atomic E-state index is 12.2. The van der Waals surface area contributed by atoms with Crippen molar-refractivity contribution in [1.82, 2.24) is 5.32 Å². The fraction of sp³-hybridized carbons (Fsp3) is 0.300. The zero-order valence-corrected chi connectivity index (χ0v) is 15.7. The number of nitrogens with one attached hydrogen (secondary N) is 1. The zero-order chi connectivity index (χ0) is 19.2. The normalized spacial score (nSPS) is 12.4. The Morgan fingerprint density at radius 2 is 1.96 bits per heavy atom. The summed E-state index contributed by atoms with van der Waals surface area (Å²) in [5.41, 5.74) is 2.55. The van der Waals surface area contributed by atoms with Crippen LogP contribution >= 0.6 is 11.6 Å². The third kappa shape index (κ3) is 4.92. The lowest BCUT2D eigenvalue weighted by Gasteiger charge is -2.19. The van der Waals surface area contributed by atoms with Crippen LogP contribution in [0.15, 0.2) is 36.4 Å². The Morgan fingerprint density at radius 3 is 2.78 bits per heavy atom. The molecule has 0 spiro atoms. The predicted octanol–water partition coefficient (Wildman–Crippen LogP) is 2.94. The fourth-order valence-corrected chi connectivity index (χ4v) is 2.99. The van der Waals surface area contributed by atoms with Crippen molar-refractivity contribution in [2.45, 2.75) is 13.3 Å². The molecule has 1 aliphatic heterocycles. The lowest BCUT2D eigenvalue weighted by Crippen LogP contribution is -2.30. The molecule has 0 saturated carbocycles. The number of rotatable bonds is 6. The van der Waals surface area contributed by atoms with Crippen LogP contribution in [0.5, 0.6) is 11.5 Å². The van der Waals surface area contributed by atoms with Crippen molar-refractivity contribution in [3.8, 4) is 11.5 Å². The number of amides is 1. The average molecular weight is 390 g/mol. The van der Waals surface area contributed by atoms with Crippen molar-refractivity contribution in [2.24, 2.45) is 0 Å². The molecule has 2 aromatic rings. The summed E-state index contributed by atoms with van der Waals surface area (Å²) < 4.78 is 15.9. The standard InChI is InChI=1S/C20H20ClNO5/c1-13-4-2-3-5-14(13)6-7-22-18(23)12-27-20(24)15-10-16(21)19-17(11-15)25-8-9-26-19/h2-5,10-11H,6-9,12H2,1H3,(H,22,23). The highest BCUT2D eigenvalue weighted by molar-refractivity contribution is 6.32. The van der Waals surface area contributed by atoms with Crippen LogP contribution in [0, 0.1) is 6.92 Å². The lowest BCUT2D eigenvalue weighted by molar-refractivity contribution is -0.124. The van der Waals surface area contributed by atoms with Gasteiger partial charge in [0.2, 0.25) is 0 Å². The van der Waals surface area contributed by atoms with Crippen molar-refractivity contribution >= 4 is 23.5 Å². The minimum Gasteiger partial charge on any atom is -0.486 e. The quantitative estimate of drug-likeness (QED) is 0.769. The lowest BCUT2D eigenvalue weighted by atomic mass is 10.1. The van der Waals surface area contributed by atoms with E-state index < -0.39 is 5.97 Å². The monoisotopic (exact) mass is 389 g/mol. The molecular formula is C20H20ClNO5. The molecule has 0 radical (unpaired) electrons. The van der Waals surface area contributed by atoms with E-state index in [0.29, 0.717) is 37.7 Å². The average Bonchev–Trinajstić information content (AvgIpc) is 2.67. The van der Waals surface area contributed by atoms with Crippen LogP contribution in [0.4, 0.5) is 0 Å². The molecule has 0 aromatic heterocycles. The molecular weight excluding hydrogens is 370 g/mol. The third-order valence-corrected chi connectivity index (χ3v) is 4.43. The van der Waals surface area contributed by atoms with Gasteiger partial charge in [0.15, 0.2) is 18.1 Å². The van der Waals surface area contributed by atoms with E-state index in [2.05, 4.69) is 5.32 Å². The van der Waals surface area contributed by atoms with Crippen molar-refractivity contribution in [2.75, 3.05) is 26.4 Å². The summed E-state index contributed by atoms with van der Waals surface area (Å²) in [5.74, 6) is -0.208. The smallest absolute Gasteiger partial charge is 0.338 e.